The van der Waals surface area contributed by atoms with Crippen molar-refractivity contribution in [2.45, 2.75) is 12.8 Å². The van der Waals surface area contributed by atoms with Crippen LogP contribution in [0.25, 0.3) is 11.3 Å². The molecule has 0 bridgehead atoms. The second kappa shape index (κ2) is 5.35. The molecule has 1 amide bonds. The van der Waals surface area contributed by atoms with Crippen LogP contribution in [0.2, 0.25) is 0 Å². The zero-order valence-electron chi connectivity index (χ0n) is 11.2. The molecule has 21 heavy (non-hydrogen) atoms. The largest absolute Gasteiger partial charge is 0.355 e. The molecule has 1 aromatic carbocycles. The van der Waals surface area contributed by atoms with Gasteiger partial charge >= 0.3 is 0 Å². The van der Waals surface area contributed by atoms with E-state index in [1.165, 1.54) is 18.3 Å². The molecule has 1 aliphatic rings. The molecule has 0 radical (unpaired) electrons. The Labute approximate surface area is 120 Å². The Morgan fingerprint density at radius 1 is 1.24 bits per heavy atom. The Kier molecular flexibility index (Phi) is 3.39. The number of carbonyl (C=O) groups is 1. The number of non-ortho nitro benzene ring substituents is 1. The summed E-state index contributed by atoms with van der Waals surface area (Å²) in [5.41, 5.74) is 0.983. The van der Waals surface area contributed by atoms with E-state index in [2.05, 4.69) is 5.16 Å². The van der Waals surface area contributed by atoms with Crippen LogP contribution in [0.3, 0.4) is 0 Å². The molecule has 0 unspecified atom stereocenters. The van der Waals surface area contributed by atoms with Crippen molar-refractivity contribution in [3.8, 4) is 11.3 Å². The van der Waals surface area contributed by atoms with Gasteiger partial charge in [-0.15, -0.1) is 0 Å². The number of rotatable bonds is 3. The number of carbonyl (C=O) groups excluding carboxylic acids is 1. The predicted octanol–water partition coefficient (Wildman–Crippen LogP) is 2.49. The summed E-state index contributed by atoms with van der Waals surface area (Å²) in [4.78, 5) is 24.3. The van der Waals surface area contributed by atoms with Crippen molar-refractivity contribution in [3.63, 3.8) is 0 Å². The fourth-order valence-corrected chi connectivity index (χ4v) is 2.43. The van der Waals surface area contributed by atoms with E-state index in [9.17, 15) is 14.9 Å². The maximum atomic E-state index is 12.4. The second-order valence-corrected chi connectivity index (χ2v) is 4.87. The first kappa shape index (κ1) is 13.3. The van der Waals surface area contributed by atoms with Crippen LogP contribution in [-0.4, -0.2) is 34.0 Å². The molecule has 1 aliphatic heterocycles. The van der Waals surface area contributed by atoms with Crippen LogP contribution < -0.4 is 0 Å². The summed E-state index contributed by atoms with van der Waals surface area (Å²) in [6, 6.07) is 5.86. The molecule has 0 aliphatic carbocycles. The fourth-order valence-electron chi connectivity index (χ4n) is 2.43. The van der Waals surface area contributed by atoms with Gasteiger partial charge in [0.15, 0.2) is 5.76 Å². The van der Waals surface area contributed by atoms with E-state index < -0.39 is 4.92 Å². The van der Waals surface area contributed by atoms with Gasteiger partial charge in [0.25, 0.3) is 11.6 Å². The molecule has 2 heterocycles. The lowest BCUT2D eigenvalue weighted by atomic mass is 10.1. The molecule has 7 heteroatoms. The Hall–Kier alpha value is -2.70. The van der Waals surface area contributed by atoms with Gasteiger partial charge in [-0.3, -0.25) is 14.9 Å². The summed E-state index contributed by atoms with van der Waals surface area (Å²) in [6.45, 7) is 1.48. The highest BCUT2D eigenvalue weighted by molar-refractivity contribution is 5.99. The molecule has 0 atom stereocenters. The standard InChI is InChI=1S/C14H13N3O4/c18-14(16-7-1-2-8-16)12-9-15-21-13(12)10-3-5-11(6-4-10)17(19)20/h3-6,9H,1-2,7-8H2. The quantitative estimate of drug-likeness (QED) is 0.639. The highest BCUT2D eigenvalue weighted by atomic mass is 16.6. The summed E-state index contributed by atoms with van der Waals surface area (Å²) in [6.07, 6.45) is 3.41. The maximum Gasteiger partial charge on any atom is 0.269 e. The number of amides is 1. The number of nitrogens with zero attached hydrogens (tertiary/aromatic N) is 3. The summed E-state index contributed by atoms with van der Waals surface area (Å²) >= 11 is 0. The predicted molar refractivity (Wildman–Crippen MR) is 73.7 cm³/mol. The summed E-state index contributed by atoms with van der Waals surface area (Å²) < 4.78 is 5.16. The number of likely N-dealkylation sites (tertiary alicyclic amines) is 1. The lowest BCUT2D eigenvalue weighted by Crippen LogP contribution is -2.27. The van der Waals surface area contributed by atoms with Crippen LogP contribution >= 0.6 is 0 Å². The van der Waals surface area contributed by atoms with E-state index in [1.54, 1.807) is 17.0 Å². The molecule has 3 rings (SSSR count). The fraction of sp³-hybridized carbons (Fsp3) is 0.286. The lowest BCUT2D eigenvalue weighted by Gasteiger charge is -2.14. The number of nitro groups is 1. The number of aromatic nitrogens is 1. The zero-order chi connectivity index (χ0) is 14.8. The van der Waals surface area contributed by atoms with Crippen molar-refractivity contribution >= 4 is 11.6 Å². The van der Waals surface area contributed by atoms with E-state index in [0.29, 0.717) is 16.9 Å². The molecule has 1 saturated heterocycles. The SMILES string of the molecule is O=C(c1cnoc1-c1ccc([N+](=O)[O-])cc1)N1CCCC1. The monoisotopic (exact) mass is 287 g/mol. The number of nitro benzene ring substituents is 1. The minimum absolute atomic E-state index is 0.00863. The van der Waals surface area contributed by atoms with Crippen molar-refractivity contribution < 1.29 is 14.2 Å². The first-order valence-corrected chi connectivity index (χ1v) is 6.65. The highest BCUT2D eigenvalue weighted by Gasteiger charge is 2.25. The van der Waals surface area contributed by atoms with Crippen LogP contribution in [0.5, 0.6) is 0 Å². The number of hydrogen-bond acceptors (Lipinski definition) is 5. The van der Waals surface area contributed by atoms with Crippen LogP contribution in [0.4, 0.5) is 5.69 Å². The third kappa shape index (κ3) is 2.49. The number of hydrogen-bond donors (Lipinski definition) is 0. The van der Waals surface area contributed by atoms with E-state index in [0.717, 1.165) is 25.9 Å². The van der Waals surface area contributed by atoms with E-state index in [1.807, 2.05) is 0 Å². The van der Waals surface area contributed by atoms with Gasteiger partial charge in [0.1, 0.15) is 5.56 Å². The summed E-state index contributed by atoms with van der Waals surface area (Å²) in [5, 5.41) is 14.3. The molecule has 1 aromatic heterocycles. The minimum atomic E-state index is -0.472. The van der Waals surface area contributed by atoms with E-state index in [-0.39, 0.29) is 11.6 Å². The summed E-state index contributed by atoms with van der Waals surface area (Å²) in [7, 11) is 0. The molecule has 0 saturated carbocycles. The van der Waals surface area contributed by atoms with Gasteiger partial charge in [0.05, 0.1) is 11.1 Å². The molecular formula is C14H13N3O4. The Balaban J connectivity index is 1.91. The van der Waals surface area contributed by atoms with E-state index in [4.69, 9.17) is 4.52 Å². The van der Waals surface area contributed by atoms with Gasteiger partial charge in [-0.1, -0.05) is 5.16 Å². The highest BCUT2D eigenvalue weighted by Crippen LogP contribution is 2.27. The normalized spacial score (nSPS) is 14.4. The van der Waals surface area contributed by atoms with Gasteiger partial charge in [0, 0.05) is 30.8 Å². The molecule has 0 N–H and O–H groups in total. The number of benzene rings is 1. The Bertz CT molecular complexity index is 672. The van der Waals surface area contributed by atoms with Crippen LogP contribution in [0, 0.1) is 10.1 Å². The van der Waals surface area contributed by atoms with E-state index >= 15 is 0 Å². The van der Waals surface area contributed by atoms with Gasteiger partial charge in [0.2, 0.25) is 0 Å². The molecule has 7 nitrogen and oxygen atoms in total. The topological polar surface area (TPSA) is 89.5 Å². The van der Waals surface area contributed by atoms with Crippen LogP contribution in [0.1, 0.15) is 23.2 Å². The van der Waals surface area contributed by atoms with Crippen molar-refractivity contribution in [3.05, 3.63) is 46.1 Å². The first-order chi connectivity index (χ1) is 10.2. The molecule has 1 fully saturated rings. The first-order valence-electron chi connectivity index (χ1n) is 6.65. The van der Waals surface area contributed by atoms with Crippen molar-refractivity contribution in [1.82, 2.24) is 10.1 Å². The minimum Gasteiger partial charge on any atom is -0.355 e. The molecule has 2 aromatic rings. The Morgan fingerprint density at radius 2 is 1.90 bits per heavy atom. The molecule has 0 spiro atoms. The smallest absolute Gasteiger partial charge is 0.269 e. The van der Waals surface area contributed by atoms with Crippen LogP contribution in [-0.2, 0) is 0 Å². The van der Waals surface area contributed by atoms with Crippen LogP contribution in [0.15, 0.2) is 35.0 Å². The van der Waals surface area contributed by atoms with Crippen molar-refractivity contribution in [2.75, 3.05) is 13.1 Å². The van der Waals surface area contributed by atoms with Crippen molar-refractivity contribution in [2.24, 2.45) is 0 Å². The maximum absolute atomic E-state index is 12.4. The third-order valence-corrected chi connectivity index (χ3v) is 3.53. The lowest BCUT2D eigenvalue weighted by molar-refractivity contribution is -0.384. The van der Waals surface area contributed by atoms with Gasteiger partial charge in [-0.05, 0) is 25.0 Å². The molecular weight excluding hydrogens is 274 g/mol. The third-order valence-electron chi connectivity index (χ3n) is 3.53. The van der Waals surface area contributed by atoms with Gasteiger partial charge in [-0.2, -0.15) is 0 Å². The summed E-state index contributed by atoms with van der Waals surface area (Å²) in [5.74, 6) is 0.240. The van der Waals surface area contributed by atoms with Crippen molar-refractivity contribution in [1.29, 1.82) is 0 Å². The second-order valence-electron chi connectivity index (χ2n) is 4.87. The van der Waals surface area contributed by atoms with Gasteiger partial charge in [-0.25, -0.2) is 0 Å². The molecule has 108 valence electrons. The van der Waals surface area contributed by atoms with Gasteiger partial charge < -0.3 is 9.42 Å². The zero-order valence-corrected chi connectivity index (χ0v) is 11.2. The average Bonchev–Trinajstić information content (AvgIpc) is 3.18. The average molecular weight is 287 g/mol. The Morgan fingerprint density at radius 3 is 2.52 bits per heavy atom.